The Morgan fingerprint density at radius 2 is 1.89 bits per heavy atom. The molecule has 2 aromatic carbocycles. The minimum Gasteiger partial charge on any atom is -0.384 e. The molecule has 0 radical (unpaired) electrons. The molecule has 2 aromatic rings. The number of rotatable bonds is 4. The van der Waals surface area contributed by atoms with Crippen LogP contribution in [0.5, 0.6) is 0 Å². The topological polar surface area (TPSA) is 49.9 Å². The minimum absolute atomic E-state index is 0.0715. The fourth-order valence-electron chi connectivity index (χ4n) is 1.57. The smallest absolute Gasteiger partial charge is 0.123 e. The van der Waals surface area contributed by atoms with Crippen LogP contribution in [-0.4, -0.2) is 5.84 Å². The number of nitrogens with two attached hydrogens (primary N) is 1. The van der Waals surface area contributed by atoms with Gasteiger partial charge in [0.05, 0.1) is 0 Å². The van der Waals surface area contributed by atoms with Crippen molar-refractivity contribution < 1.29 is 0 Å². The Morgan fingerprint density at radius 1 is 1.17 bits per heavy atom. The van der Waals surface area contributed by atoms with Crippen molar-refractivity contribution in [3.63, 3.8) is 0 Å². The van der Waals surface area contributed by atoms with Crippen LogP contribution >= 0.6 is 23.4 Å². The van der Waals surface area contributed by atoms with E-state index in [1.165, 1.54) is 5.56 Å². The first-order valence-corrected chi connectivity index (χ1v) is 6.84. The zero-order chi connectivity index (χ0) is 13.0. The Hall–Kier alpha value is -1.45. The van der Waals surface area contributed by atoms with Gasteiger partial charge in [0, 0.05) is 21.2 Å². The van der Waals surface area contributed by atoms with E-state index in [1.54, 1.807) is 23.9 Å². The van der Waals surface area contributed by atoms with Gasteiger partial charge in [-0.3, -0.25) is 5.41 Å². The van der Waals surface area contributed by atoms with Crippen LogP contribution in [0.15, 0.2) is 53.4 Å². The molecule has 0 unspecified atom stereocenters. The van der Waals surface area contributed by atoms with Crippen LogP contribution in [0.25, 0.3) is 0 Å². The summed E-state index contributed by atoms with van der Waals surface area (Å²) in [6, 6.07) is 15.6. The molecule has 0 aliphatic rings. The third kappa shape index (κ3) is 3.28. The Bertz CT molecular complexity index is 555. The van der Waals surface area contributed by atoms with E-state index in [0.29, 0.717) is 5.02 Å². The molecule has 92 valence electrons. The molecule has 0 atom stereocenters. The Kier molecular flexibility index (Phi) is 4.28. The van der Waals surface area contributed by atoms with Gasteiger partial charge in [0.2, 0.25) is 0 Å². The molecule has 0 fully saturated rings. The van der Waals surface area contributed by atoms with Gasteiger partial charge in [0.15, 0.2) is 0 Å². The summed E-state index contributed by atoms with van der Waals surface area (Å²) < 4.78 is 0. The molecule has 0 saturated heterocycles. The Balaban J connectivity index is 2.18. The van der Waals surface area contributed by atoms with Crippen molar-refractivity contribution in [2.45, 2.75) is 10.6 Å². The van der Waals surface area contributed by atoms with Gasteiger partial charge in [-0.25, -0.2) is 0 Å². The first-order valence-electron chi connectivity index (χ1n) is 5.47. The molecule has 4 heteroatoms. The highest BCUT2D eigenvalue weighted by molar-refractivity contribution is 7.98. The van der Waals surface area contributed by atoms with Gasteiger partial charge in [-0.15, -0.1) is 11.8 Å². The normalized spacial score (nSPS) is 10.3. The van der Waals surface area contributed by atoms with Crippen LogP contribution in [0.2, 0.25) is 5.02 Å². The molecule has 0 bridgehead atoms. The summed E-state index contributed by atoms with van der Waals surface area (Å²) in [5.41, 5.74) is 7.53. The molecule has 3 N–H and O–H groups in total. The summed E-state index contributed by atoms with van der Waals surface area (Å²) in [6.45, 7) is 0. The number of nitrogen functional groups attached to an aromatic ring is 1. The van der Waals surface area contributed by atoms with Gasteiger partial charge in [-0.05, 0) is 23.8 Å². The first kappa shape index (κ1) is 13.0. The van der Waals surface area contributed by atoms with Crippen molar-refractivity contribution in [1.29, 1.82) is 5.41 Å². The maximum atomic E-state index is 7.55. The number of hydrogen-bond donors (Lipinski definition) is 2. The number of hydrogen-bond acceptors (Lipinski definition) is 2. The maximum absolute atomic E-state index is 7.55. The second-order valence-electron chi connectivity index (χ2n) is 3.83. The number of halogens is 1. The molecule has 0 aliphatic heterocycles. The van der Waals surface area contributed by atoms with Crippen LogP contribution in [0, 0.1) is 5.41 Å². The van der Waals surface area contributed by atoms with E-state index in [9.17, 15) is 0 Å². The predicted octanol–water partition coefficient (Wildman–Crippen LogP) is 3.92. The fraction of sp³-hybridized carbons (Fsp3) is 0.0714. The number of thioether (sulfide) groups is 1. The van der Waals surface area contributed by atoms with Crippen molar-refractivity contribution in [3.8, 4) is 0 Å². The van der Waals surface area contributed by atoms with Crippen LogP contribution in [0.1, 0.15) is 11.1 Å². The van der Waals surface area contributed by atoms with Crippen LogP contribution in [-0.2, 0) is 5.75 Å². The second kappa shape index (κ2) is 5.94. The standard InChI is InChI=1S/C14H13ClN2S/c15-11-6-7-12(14(16)17)13(8-11)18-9-10-4-2-1-3-5-10/h1-8H,9H2,(H3,16,17). The van der Waals surface area contributed by atoms with Gasteiger partial charge >= 0.3 is 0 Å². The van der Waals surface area contributed by atoms with E-state index in [-0.39, 0.29) is 5.84 Å². The quantitative estimate of drug-likeness (QED) is 0.505. The number of amidine groups is 1. The summed E-state index contributed by atoms with van der Waals surface area (Å²) >= 11 is 7.62. The predicted molar refractivity (Wildman–Crippen MR) is 78.5 cm³/mol. The van der Waals surface area contributed by atoms with Crippen molar-refractivity contribution in [1.82, 2.24) is 0 Å². The van der Waals surface area contributed by atoms with Crippen LogP contribution in [0.4, 0.5) is 0 Å². The third-order valence-corrected chi connectivity index (χ3v) is 3.83. The van der Waals surface area contributed by atoms with Crippen LogP contribution < -0.4 is 5.73 Å². The summed E-state index contributed by atoms with van der Waals surface area (Å²) in [5.74, 6) is 0.906. The lowest BCUT2D eigenvalue weighted by Gasteiger charge is -2.08. The molecule has 2 nitrogen and oxygen atoms in total. The Labute approximate surface area is 116 Å². The molecule has 2 rings (SSSR count). The average Bonchev–Trinajstić information content (AvgIpc) is 2.37. The van der Waals surface area contributed by atoms with E-state index < -0.39 is 0 Å². The summed E-state index contributed by atoms with van der Waals surface area (Å²) in [7, 11) is 0. The molecular weight excluding hydrogens is 264 g/mol. The molecule has 0 amide bonds. The molecule has 0 spiro atoms. The van der Waals surface area contributed by atoms with Crippen molar-refractivity contribution in [2.24, 2.45) is 5.73 Å². The molecule has 0 aromatic heterocycles. The maximum Gasteiger partial charge on any atom is 0.123 e. The lowest BCUT2D eigenvalue weighted by atomic mass is 10.2. The Morgan fingerprint density at radius 3 is 2.56 bits per heavy atom. The van der Waals surface area contributed by atoms with E-state index in [2.05, 4.69) is 12.1 Å². The monoisotopic (exact) mass is 276 g/mol. The fourth-order valence-corrected chi connectivity index (χ4v) is 2.87. The third-order valence-electron chi connectivity index (χ3n) is 2.47. The van der Waals surface area contributed by atoms with Crippen molar-refractivity contribution in [2.75, 3.05) is 0 Å². The minimum atomic E-state index is 0.0715. The SMILES string of the molecule is N=C(N)c1ccc(Cl)cc1SCc1ccccc1. The largest absolute Gasteiger partial charge is 0.384 e. The molecule has 0 aliphatic carbocycles. The van der Waals surface area contributed by atoms with Crippen LogP contribution in [0.3, 0.4) is 0 Å². The lowest BCUT2D eigenvalue weighted by molar-refractivity contribution is 1.32. The second-order valence-corrected chi connectivity index (χ2v) is 5.28. The lowest BCUT2D eigenvalue weighted by Crippen LogP contribution is -2.12. The molecule has 18 heavy (non-hydrogen) atoms. The zero-order valence-corrected chi connectivity index (χ0v) is 11.3. The average molecular weight is 277 g/mol. The van der Waals surface area contributed by atoms with Gasteiger partial charge in [-0.2, -0.15) is 0 Å². The van der Waals surface area contributed by atoms with Gasteiger partial charge in [0.25, 0.3) is 0 Å². The highest BCUT2D eigenvalue weighted by atomic mass is 35.5. The summed E-state index contributed by atoms with van der Waals surface area (Å²) in [5, 5.41) is 8.21. The molecule has 0 heterocycles. The zero-order valence-electron chi connectivity index (χ0n) is 9.69. The van der Waals surface area contributed by atoms with Crippen molar-refractivity contribution >= 4 is 29.2 Å². The van der Waals surface area contributed by atoms with Gasteiger partial charge < -0.3 is 5.73 Å². The van der Waals surface area contributed by atoms with E-state index in [4.69, 9.17) is 22.7 Å². The highest BCUT2D eigenvalue weighted by Crippen LogP contribution is 2.28. The van der Waals surface area contributed by atoms with Gasteiger partial charge in [-0.1, -0.05) is 41.9 Å². The van der Waals surface area contributed by atoms with Crippen molar-refractivity contribution in [3.05, 3.63) is 64.7 Å². The summed E-state index contributed by atoms with van der Waals surface area (Å²) in [6.07, 6.45) is 0. The van der Waals surface area contributed by atoms with E-state index >= 15 is 0 Å². The van der Waals surface area contributed by atoms with Gasteiger partial charge in [0.1, 0.15) is 5.84 Å². The van der Waals surface area contributed by atoms with E-state index in [1.807, 2.05) is 24.3 Å². The molecular formula is C14H13ClN2S. The summed E-state index contributed by atoms with van der Waals surface area (Å²) in [4.78, 5) is 0.943. The number of nitrogens with one attached hydrogen (secondary N) is 1. The van der Waals surface area contributed by atoms with E-state index in [0.717, 1.165) is 16.2 Å². The highest BCUT2D eigenvalue weighted by Gasteiger charge is 2.07. The number of benzene rings is 2. The first-order chi connectivity index (χ1) is 8.66. The molecule has 0 saturated carbocycles.